The van der Waals surface area contributed by atoms with E-state index in [4.69, 9.17) is 22.1 Å². The van der Waals surface area contributed by atoms with Crippen molar-refractivity contribution in [3.8, 4) is 5.75 Å². The molecule has 20 heavy (non-hydrogen) atoms. The number of ether oxygens (including phenoxy) is 1. The van der Waals surface area contributed by atoms with Gasteiger partial charge in [0.05, 0.1) is 0 Å². The summed E-state index contributed by atoms with van der Waals surface area (Å²) < 4.78 is 5.53. The molecule has 0 unspecified atom stereocenters. The maximum Gasteiger partial charge on any atom is 0.267 e. The summed E-state index contributed by atoms with van der Waals surface area (Å²) in [5, 5.41) is 3.80. The second-order valence-corrected chi connectivity index (χ2v) is 4.46. The Labute approximate surface area is 121 Å². The number of nitrogens with one attached hydrogen (secondary N) is 1. The van der Waals surface area contributed by atoms with Crippen molar-refractivity contribution in [2.75, 3.05) is 18.5 Å². The molecule has 0 saturated carbocycles. The van der Waals surface area contributed by atoms with Crippen molar-refractivity contribution in [3.63, 3.8) is 0 Å². The maximum absolute atomic E-state index is 11.0. The minimum atomic E-state index is -0.550. The second-order valence-electron chi connectivity index (χ2n) is 4.02. The minimum Gasteiger partial charge on any atom is -0.492 e. The Morgan fingerprint density at radius 1 is 1.30 bits per heavy atom. The van der Waals surface area contributed by atoms with Crippen LogP contribution in [0.5, 0.6) is 5.75 Å². The third kappa shape index (κ3) is 4.13. The summed E-state index contributed by atoms with van der Waals surface area (Å²) in [6.07, 6.45) is 1.53. The van der Waals surface area contributed by atoms with Gasteiger partial charge in [-0.3, -0.25) is 9.78 Å². The number of halogens is 1. The number of carbonyl (C=O) groups excluding carboxylic acids is 1. The number of nitrogens with zero attached hydrogens (tertiary/aromatic N) is 1. The highest BCUT2D eigenvalue weighted by atomic mass is 35.5. The second kappa shape index (κ2) is 6.77. The van der Waals surface area contributed by atoms with E-state index in [1.807, 2.05) is 0 Å². The first-order chi connectivity index (χ1) is 9.65. The average Bonchev–Trinajstić information content (AvgIpc) is 2.46. The zero-order valence-electron chi connectivity index (χ0n) is 10.7. The van der Waals surface area contributed by atoms with E-state index in [1.165, 1.54) is 6.20 Å². The molecule has 0 atom stereocenters. The van der Waals surface area contributed by atoms with E-state index in [2.05, 4.69) is 10.3 Å². The van der Waals surface area contributed by atoms with E-state index in [9.17, 15) is 4.79 Å². The van der Waals surface area contributed by atoms with Gasteiger partial charge in [0.2, 0.25) is 0 Å². The summed E-state index contributed by atoms with van der Waals surface area (Å²) >= 11 is 5.78. The molecular weight excluding hydrogens is 278 g/mol. The quantitative estimate of drug-likeness (QED) is 0.801. The molecule has 0 aliphatic rings. The number of nitrogens with two attached hydrogens (primary N) is 1. The van der Waals surface area contributed by atoms with Crippen molar-refractivity contribution in [2.45, 2.75) is 0 Å². The van der Waals surface area contributed by atoms with E-state index in [-0.39, 0.29) is 5.69 Å². The topological polar surface area (TPSA) is 77.2 Å². The molecule has 6 heteroatoms. The van der Waals surface area contributed by atoms with E-state index in [0.717, 1.165) is 11.4 Å². The van der Waals surface area contributed by atoms with Crippen LogP contribution in [0.15, 0.2) is 42.6 Å². The molecule has 0 aliphatic heterocycles. The van der Waals surface area contributed by atoms with Crippen LogP contribution in [0.4, 0.5) is 5.69 Å². The van der Waals surface area contributed by atoms with Gasteiger partial charge in [-0.05, 0) is 36.4 Å². The van der Waals surface area contributed by atoms with Gasteiger partial charge in [-0.2, -0.15) is 0 Å². The van der Waals surface area contributed by atoms with Gasteiger partial charge < -0.3 is 15.8 Å². The Balaban J connectivity index is 1.79. The summed E-state index contributed by atoms with van der Waals surface area (Å²) in [6, 6.07) is 10.5. The third-order valence-electron chi connectivity index (χ3n) is 2.53. The van der Waals surface area contributed by atoms with Crippen LogP contribution in [-0.2, 0) is 0 Å². The van der Waals surface area contributed by atoms with Crippen molar-refractivity contribution in [1.82, 2.24) is 4.98 Å². The van der Waals surface area contributed by atoms with Crippen LogP contribution >= 0.6 is 11.6 Å². The van der Waals surface area contributed by atoms with E-state index in [0.29, 0.717) is 18.2 Å². The fourth-order valence-corrected chi connectivity index (χ4v) is 1.70. The predicted molar refractivity (Wildman–Crippen MR) is 78.2 cm³/mol. The maximum atomic E-state index is 11.0. The van der Waals surface area contributed by atoms with Gasteiger partial charge in [-0.25, -0.2) is 0 Å². The zero-order chi connectivity index (χ0) is 14.4. The van der Waals surface area contributed by atoms with Crippen molar-refractivity contribution in [2.24, 2.45) is 5.73 Å². The number of hydrogen-bond donors (Lipinski definition) is 2. The Morgan fingerprint density at radius 3 is 2.75 bits per heavy atom. The highest BCUT2D eigenvalue weighted by molar-refractivity contribution is 6.30. The Kier molecular flexibility index (Phi) is 4.79. The summed E-state index contributed by atoms with van der Waals surface area (Å²) in [5.74, 6) is 0.204. The molecule has 0 aliphatic carbocycles. The molecule has 5 nitrogen and oxygen atoms in total. The summed E-state index contributed by atoms with van der Waals surface area (Å²) in [7, 11) is 0. The van der Waals surface area contributed by atoms with Gasteiger partial charge in [0.15, 0.2) is 0 Å². The molecule has 1 heterocycles. The van der Waals surface area contributed by atoms with Crippen molar-refractivity contribution < 1.29 is 9.53 Å². The Morgan fingerprint density at radius 2 is 2.05 bits per heavy atom. The van der Waals surface area contributed by atoms with E-state index in [1.54, 1.807) is 36.4 Å². The van der Waals surface area contributed by atoms with E-state index >= 15 is 0 Å². The van der Waals surface area contributed by atoms with E-state index < -0.39 is 5.91 Å². The highest BCUT2D eigenvalue weighted by Gasteiger charge is 2.02. The monoisotopic (exact) mass is 291 g/mol. The number of carbonyl (C=O) groups is 1. The number of primary amides is 1. The number of benzene rings is 1. The van der Waals surface area contributed by atoms with Crippen LogP contribution in [0.3, 0.4) is 0 Å². The third-order valence-corrected chi connectivity index (χ3v) is 2.78. The van der Waals surface area contributed by atoms with Crippen LogP contribution in [-0.4, -0.2) is 24.0 Å². The SMILES string of the molecule is NC(=O)c1cc(NCCOc2ccc(Cl)cc2)ccn1. The lowest BCUT2D eigenvalue weighted by molar-refractivity contribution is 0.0995. The molecule has 0 saturated heterocycles. The molecule has 0 radical (unpaired) electrons. The molecule has 2 rings (SSSR count). The number of pyridine rings is 1. The lowest BCUT2D eigenvalue weighted by Gasteiger charge is -2.09. The molecule has 2 aromatic rings. The van der Waals surface area contributed by atoms with Crippen LogP contribution in [0, 0.1) is 0 Å². The van der Waals surface area contributed by atoms with Crippen LogP contribution < -0.4 is 15.8 Å². The largest absolute Gasteiger partial charge is 0.492 e. The first-order valence-corrected chi connectivity index (χ1v) is 6.41. The van der Waals surface area contributed by atoms with Gasteiger partial charge >= 0.3 is 0 Å². The standard InChI is InChI=1S/C14H14ClN3O2/c15-10-1-3-12(4-2-10)20-8-7-17-11-5-6-18-13(9-11)14(16)19/h1-6,9H,7-8H2,(H2,16,19)(H,17,18). The molecule has 1 amide bonds. The van der Waals surface area contributed by atoms with Crippen LogP contribution in [0.2, 0.25) is 5.02 Å². The average molecular weight is 292 g/mol. The van der Waals surface area contributed by atoms with Gasteiger partial charge in [0.1, 0.15) is 18.1 Å². The van der Waals surface area contributed by atoms with Crippen molar-refractivity contribution in [3.05, 3.63) is 53.3 Å². The van der Waals surface area contributed by atoms with Gasteiger partial charge in [-0.1, -0.05) is 11.6 Å². The summed E-state index contributed by atoms with van der Waals surface area (Å²) in [6.45, 7) is 1.07. The number of rotatable bonds is 6. The summed E-state index contributed by atoms with van der Waals surface area (Å²) in [5.41, 5.74) is 6.16. The first-order valence-electron chi connectivity index (χ1n) is 6.03. The molecule has 104 valence electrons. The van der Waals surface area contributed by atoms with Crippen molar-refractivity contribution >= 4 is 23.2 Å². The number of anilines is 1. The number of amides is 1. The van der Waals surface area contributed by atoms with Crippen LogP contribution in [0.1, 0.15) is 10.5 Å². The van der Waals surface area contributed by atoms with Gasteiger partial charge in [0, 0.05) is 23.5 Å². The molecule has 0 spiro atoms. The fourth-order valence-electron chi connectivity index (χ4n) is 1.57. The first kappa shape index (κ1) is 14.1. The molecule has 3 N–H and O–H groups in total. The lowest BCUT2D eigenvalue weighted by atomic mass is 10.3. The Bertz CT molecular complexity index is 587. The normalized spacial score (nSPS) is 10.1. The smallest absolute Gasteiger partial charge is 0.267 e. The number of aromatic nitrogens is 1. The van der Waals surface area contributed by atoms with Gasteiger partial charge in [-0.15, -0.1) is 0 Å². The zero-order valence-corrected chi connectivity index (χ0v) is 11.4. The van der Waals surface area contributed by atoms with Gasteiger partial charge in [0.25, 0.3) is 5.91 Å². The molecular formula is C14H14ClN3O2. The molecule has 0 bridgehead atoms. The molecule has 1 aromatic carbocycles. The fraction of sp³-hybridized carbons (Fsp3) is 0.143. The highest BCUT2D eigenvalue weighted by Crippen LogP contribution is 2.15. The summed E-state index contributed by atoms with van der Waals surface area (Å²) in [4.78, 5) is 14.9. The van der Waals surface area contributed by atoms with Crippen LogP contribution in [0.25, 0.3) is 0 Å². The predicted octanol–water partition coefficient (Wildman–Crippen LogP) is 2.32. The lowest BCUT2D eigenvalue weighted by Crippen LogP contribution is -2.15. The Hall–Kier alpha value is -2.27. The molecule has 0 fully saturated rings. The van der Waals surface area contributed by atoms with Crippen molar-refractivity contribution in [1.29, 1.82) is 0 Å². The number of hydrogen-bond acceptors (Lipinski definition) is 4. The minimum absolute atomic E-state index is 0.230. The molecule has 1 aromatic heterocycles.